The topological polar surface area (TPSA) is 40.6 Å². The quantitative estimate of drug-likeness (QED) is 0.684. The monoisotopic (exact) mass is 382 g/mol. The lowest BCUT2D eigenvalue weighted by Gasteiger charge is -2.32. The summed E-state index contributed by atoms with van der Waals surface area (Å²) in [4.78, 5) is 9.01. The van der Waals surface area contributed by atoms with Gasteiger partial charge >= 0.3 is 0 Å². The Hall–Kier alpha value is -1.95. The predicted octanol–water partition coefficient (Wildman–Crippen LogP) is 3.02. The third-order valence-corrected chi connectivity index (χ3v) is 5.41. The van der Waals surface area contributed by atoms with Crippen molar-refractivity contribution in [3.63, 3.8) is 0 Å². The maximum atomic E-state index is 6.04. The third kappa shape index (κ3) is 6.89. The third-order valence-electron chi connectivity index (χ3n) is 5.41. The molecular formula is C23H34N4O. The van der Waals surface area contributed by atoms with Gasteiger partial charge in [0.05, 0.1) is 0 Å². The molecule has 1 aliphatic heterocycles. The fraction of sp³-hybridized carbons (Fsp3) is 0.522. The molecule has 28 heavy (non-hydrogen) atoms. The molecule has 152 valence electrons. The molecule has 0 saturated carbocycles. The van der Waals surface area contributed by atoms with Crippen molar-refractivity contribution in [2.45, 2.75) is 26.0 Å². The highest BCUT2D eigenvalue weighted by Crippen LogP contribution is 2.20. The van der Waals surface area contributed by atoms with Crippen molar-refractivity contribution in [1.82, 2.24) is 20.1 Å². The van der Waals surface area contributed by atoms with Gasteiger partial charge in [0.15, 0.2) is 0 Å². The largest absolute Gasteiger partial charge is 0.489 e. The maximum absolute atomic E-state index is 6.04. The van der Waals surface area contributed by atoms with E-state index in [2.05, 4.69) is 52.4 Å². The molecule has 5 nitrogen and oxygen atoms in total. The number of likely N-dealkylation sites (N-methyl/N-ethyl adjacent to an activating group) is 1. The summed E-state index contributed by atoms with van der Waals surface area (Å²) in [5.74, 6) is 1.73. The number of aromatic nitrogens is 1. The summed E-state index contributed by atoms with van der Waals surface area (Å²) in [6.45, 7) is 7.28. The molecule has 3 rings (SSSR count). The predicted molar refractivity (Wildman–Crippen MR) is 114 cm³/mol. The van der Waals surface area contributed by atoms with E-state index < -0.39 is 0 Å². The minimum atomic E-state index is 0.552. The average Bonchev–Trinajstić information content (AvgIpc) is 2.73. The second-order valence-electron chi connectivity index (χ2n) is 7.98. The molecule has 1 aromatic heterocycles. The number of ether oxygens (including phenoxy) is 1. The van der Waals surface area contributed by atoms with E-state index in [9.17, 15) is 0 Å². The van der Waals surface area contributed by atoms with E-state index in [1.165, 1.54) is 38.0 Å². The van der Waals surface area contributed by atoms with Gasteiger partial charge in [0.25, 0.3) is 0 Å². The molecule has 1 N–H and O–H groups in total. The molecule has 0 bridgehead atoms. The van der Waals surface area contributed by atoms with Gasteiger partial charge < -0.3 is 19.9 Å². The Morgan fingerprint density at radius 2 is 1.96 bits per heavy atom. The zero-order valence-corrected chi connectivity index (χ0v) is 17.3. The van der Waals surface area contributed by atoms with Gasteiger partial charge in [-0.3, -0.25) is 4.98 Å². The van der Waals surface area contributed by atoms with Crippen LogP contribution in [0.3, 0.4) is 0 Å². The number of hydrogen-bond acceptors (Lipinski definition) is 5. The first-order chi connectivity index (χ1) is 13.7. The highest BCUT2D eigenvalue weighted by Gasteiger charge is 2.18. The molecule has 0 atom stereocenters. The van der Waals surface area contributed by atoms with E-state index in [0.29, 0.717) is 6.61 Å². The number of para-hydroxylation sites is 1. The molecule has 1 saturated heterocycles. The van der Waals surface area contributed by atoms with E-state index in [4.69, 9.17) is 4.74 Å². The van der Waals surface area contributed by atoms with Crippen molar-refractivity contribution in [2.75, 3.05) is 46.8 Å². The van der Waals surface area contributed by atoms with Crippen LogP contribution in [-0.4, -0.2) is 61.6 Å². The van der Waals surface area contributed by atoms with Crippen LogP contribution < -0.4 is 10.1 Å². The number of nitrogens with zero attached hydrogens (tertiary/aromatic N) is 3. The molecule has 0 spiro atoms. The van der Waals surface area contributed by atoms with Crippen LogP contribution in [0, 0.1) is 5.92 Å². The van der Waals surface area contributed by atoms with Crippen molar-refractivity contribution in [1.29, 1.82) is 0 Å². The van der Waals surface area contributed by atoms with Crippen LogP contribution in [0.15, 0.2) is 48.8 Å². The molecular weight excluding hydrogens is 348 g/mol. The van der Waals surface area contributed by atoms with Crippen molar-refractivity contribution in [3.8, 4) is 5.75 Å². The van der Waals surface area contributed by atoms with Crippen molar-refractivity contribution < 1.29 is 4.74 Å². The Labute approximate surface area is 169 Å². The summed E-state index contributed by atoms with van der Waals surface area (Å²) in [5, 5.41) is 3.66. The highest BCUT2D eigenvalue weighted by molar-refractivity contribution is 5.33. The molecule has 0 amide bonds. The number of nitrogens with one attached hydrogen (secondary N) is 1. The summed E-state index contributed by atoms with van der Waals surface area (Å²) < 4.78 is 6.04. The minimum Gasteiger partial charge on any atom is -0.489 e. The van der Waals surface area contributed by atoms with Crippen molar-refractivity contribution in [3.05, 3.63) is 59.9 Å². The van der Waals surface area contributed by atoms with Crippen LogP contribution in [0.2, 0.25) is 0 Å². The summed E-state index contributed by atoms with van der Waals surface area (Å²) in [6, 6.07) is 12.3. The average molecular weight is 383 g/mol. The second-order valence-corrected chi connectivity index (χ2v) is 7.98. The highest BCUT2D eigenvalue weighted by atomic mass is 16.5. The van der Waals surface area contributed by atoms with Gasteiger partial charge in [-0.05, 0) is 64.6 Å². The summed E-state index contributed by atoms with van der Waals surface area (Å²) >= 11 is 0. The van der Waals surface area contributed by atoms with Crippen LogP contribution in [0.5, 0.6) is 5.75 Å². The van der Waals surface area contributed by atoms with Gasteiger partial charge in [-0.1, -0.05) is 24.3 Å². The Bertz CT molecular complexity index is 684. The standard InChI is InChI=1S/C23H34N4O/c1-26(2)14-15-27-12-9-20(10-13-27)16-25-18-22-7-3-4-8-23(22)28-19-21-6-5-11-24-17-21/h3-8,11,17,20,25H,9-10,12-16,18-19H2,1-2H3. The lowest BCUT2D eigenvalue weighted by molar-refractivity contribution is 0.169. The summed E-state index contributed by atoms with van der Waals surface area (Å²) in [7, 11) is 4.30. The van der Waals surface area contributed by atoms with Crippen LogP contribution in [-0.2, 0) is 13.2 Å². The van der Waals surface area contributed by atoms with E-state index in [1.807, 2.05) is 24.4 Å². The Morgan fingerprint density at radius 3 is 2.71 bits per heavy atom. The first-order valence-electron chi connectivity index (χ1n) is 10.4. The molecule has 2 aromatic rings. The normalized spacial score (nSPS) is 15.8. The smallest absolute Gasteiger partial charge is 0.124 e. The molecule has 2 heterocycles. The van der Waals surface area contributed by atoms with Gasteiger partial charge in [-0.2, -0.15) is 0 Å². The molecule has 1 fully saturated rings. The molecule has 1 aliphatic rings. The molecule has 1 aromatic carbocycles. The zero-order chi connectivity index (χ0) is 19.6. The molecule has 0 radical (unpaired) electrons. The lowest BCUT2D eigenvalue weighted by Crippen LogP contribution is -2.40. The van der Waals surface area contributed by atoms with Gasteiger partial charge in [-0.25, -0.2) is 0 Å². The lowest BCUT2D eigenvalue weighted by atomic mass is 9.96. The first-order valence-corrected chi connectivity index (χ1v) is 10.4. The van der Waals surface area contributed by atoms with Gasteiger partial charge in [0.2, 0.25) is 0 Å². The van der Waals surface area contributed by atoms with Gasteiger partial charge in [0.1, 0.15) is 12.4 Å². The SMILES string of the molecule is CN(C)CCN1CCC(CNCc2ccccc2OCc2cccnc2)CC1. The zero-order valence-electron chi connectivity index (χ0n) is 17.3. The van der Waals surface area contributed by atoms with Crippen LogP contribution in [0.4, 0.5) is 0 Å². The van der Waals surface area contributed by atoms with E-state index >= 15 is 0 Å². The Balaban J connectivity index is 1.39. The molecule has 0 aliphatic carbocycles. The van der Waals surface area contributed by atoms with Crippen LogP contribution in [0.1, 0.15) is 24.0 Å². The van der Waals surface area contributed by atoms with Gasteiger partial charge in [0, 0.05) is 43.2 Å². The summed E-state index contributed by atoms with van der Waals surface area (Å²) in [5.41, 5.74) is 2.31. The molecule has 0 unspecified atom stereocenters. The fourth-order valence-corrected chi connectivity index (χ4v) is 3.60. The minimum absolute atomic E-state index is 0.552. The fourth-order valence-electron chi connectivity index (χ4n) is 3.60. The van der Waals surface area contributed by atoms with Crippen molar-refractivity contribution >= 4 is 0 Å². The van der Waals surface area contributed by atoms with E-state index in [1.54, 1.807) is 6.20 Å². The van der Waals surface area contributed by atoms with Crippen LogP contribution in [0.25, 0.3) is 0 Å². The van der Waals surface area contributed by atoms with Crippen LogP contribution >= 0.6 is 0 Å². The van der Waals surface area contributed by atoms with Crippen molar-refractivity contribution in [2.24, 2.45) is 5.92 Å². The Morgan fingerprint density at radius 1 is 1.14 bits per heavy atom. The second kappa shape index (κ2) is 11.1. The number of rotatable bonds is 10. The van der Waals surface area contributed by atoms with E-state index in [-0.39, 0.29) is 0 Å². The number of benzene rings is 1. The number of likely N-dealkylation sites (tertiary alicyclic amines) is 1. The number of piperidine rings is 1. The van der Waals surface area contributed by atoms with E-state index in [0.717, 1.165) is 36.9 Å². The van der Waals surface area contributed by atoms with Gasteiger partial charge in [-0.15, -0.1) is 0 Å². The maximum Gasteiger partial charge on any atom is 0.124 e. The Kier molecular flexibility index (Phi) is 8.27. The summed E-state index contributed by atoms with van der Waals surface area (Å²) in [6.07, 6.45) is 6.22. The number of pyridine rings is 1. The number of hydrogen-bond donors (Lipinski definition) is 1. The molecule has 5 heteroatoms. The first kappa shape index (κ1) is 20.8.